The normalized spacial score (nSPS) is 14.6. The zero-order valence-corrected chi connectivity index (χ0v) is 20.0. The number of fused-ring (bicyclic) bond motifs is 1. The number of nitrogens with one attached hydrogen (secondary N) is 1. The van der Waals surface area contributed by atoms with Gasteiger partial charge < -0.3 is 19.9 Å². The van der Waals surface area contributed by atoms with E-state index >= 15 is 0 Å². The maximum absolute atomic E-state index is 13.3. The predicted octanol–water partition coefficient (Wildman–Crippen LogP) is 4.02. The van der Waals surface area contributed by atoms with E-state index in [2.05, 4.69) is 27.4 Å². The van der Waals surface area contributed by atoms with Crippen LogP contribution in [0, 0.1) is 0 Å². The van der Waals surface area contributed by atoms with Gasteiger partial charge in [0.05, 0.1) is 0 Å². The van der Waals surface area contributed by atoms with Crippen LogP contribution in [-0.2, 0) is 0 Å². The minimum absolute atomic E-state index is 0.0485. The summed E-state index contributed by atoms with van der Waals surface area (Å²) in [5, 5.41) is 3.86. The van der Waals surface area contributed by atoms with Gasteiger partial charge in [0.2, 0.25) is 0 Å². The zero-order chi connectivity index (χ0) is 23.2. The zero-order valence-electron chi connectivity index (χ0n) is 19.2. The lowest BCUT2D eigenvalue weighted by atomic mass is 10.1. The Morgan fingerprint density at radius 3 is 2.58 bits per heavy atom. The van der Waals surface area contributed by atoms with E-state index in [1.54, 1.807) is 11.1 Å². The Balaban J connectivity index is 1.54. The summed E-state index contributed by atoms with van der Waals surface area (Å²) >= 11 is 1.47. The van der Waals surface area contributed by atoms with E-state index in [1.165, 1.54) is 11.8 Å². The van der Waals surface area contributed by atoms with Crippen LogP contribution in [-0.4, -0.2) is 55.9 Å². The molecule has 0 bridgehead atoms. The Morgan fingerprint density at radius 2 is 1.88 bits per heavy atom. The third-order valence-electron chi connectivity index (χ3n) is 5.68. The van der Waals surface area contributed by atoms with Gasteiger partial charge in [0.1, 0.15) is 23.2 Å². The van der Waals surface area contributed by atoms with Crippen LogP contribution in [0.25, 0.3) is 0 Å². The Morgan fingerprint density at radius 1 is 1.12 bits per heavy atom. The van der Waals surface area contributed by atoms with Gasteiger partial charge in [0.25, 0.3) is 5.91 Å². The number of aromatic nitrogens is 2. The van der Waals surface area contributed by atoms with E-state index in [0.717, 1.165) is 30.0 Å². The molecule has 0 aliphatic carbocycles. The van der Waals surface area contributed by atoms with Crippen LogP contribution < -0.4 is 19.9 Å². The molecule has 1 N–H and O–H groups in total. The predicted molar refractivity (Wildman–Crippen MR) is 134 cm³/mol. The second kappa shape index (κ2) is 10.7. The molecular weight excluding hydrogens is 434 g/mol. The molecule has 8 heteroatoms. The first-order valence-electron chi connectivity index (χ1n) is 11.0. The van der Waals surface area contributed by atoms with Crippen molar-refractivity contribution in [2.24, 2.45) is 0 Å². The summed E-state index contributed by atoms with van der Waals surface area (Å²) in [6.07, 6.45) is 4.37. The Bertz CT molecular complexity index is 1080. The molecule has 1 atom stereocenters. The van der Waals surface area contributed by atoms with E-state index < -0.39 is 0 Å². The third-order valence-corrected chi connectivity index (χ3v) is 6.24. The van der Waals surface area contributed by atoms with Crippen LogP contribution in [0.1, 0.15) is 28.4 Å². The molecular formula is C25H29N5O2S. The molecule has 0 saturated carbocycles. The summed E-state index contributed by atoms with van der Waals surface area (Å²) in [6.45, 7) is 2.10. The summed E-state index contributed by atoms with van der Waals surface area (Å²) in [7, 11) is 3.90. The number of carbonyl (C=O) groups excluding carboxylic acids is 1. The molecule has 172 valence electrons. The topological polar surface area (TPSA) is 70.6 Å². The maximum atomic E-state index is 13.3. The number of benzene rings is 2. The number of rotatable bonds is 8. The number of amides is 1. The van der Waals surface area contributed by atoms with Crippen molar-refractivity contribution >= 4 is 29.2 Å². The highest BCUT2D eigenvalue weighted by atomic mass is 32.2. The molecule has 0 radical (unpaired) electrons. The molecule has 1 aromatic heterocycles. The summed E-state index contributed by atoms with van der Waals surface area (Å²) in [5.74, 6) is 1.36. The molecule has 3 aromatic rings. The summed E-state index contributed by atoms with van der Waals surface area (Å²) in [6, 6.07) is 18.0. The molecule has 0 saturated heterocycles. The highest BCUT2D eigenvalue weighted by Gasteiger charge is 2.28. The van der Waals surface area contributed by atoms with Crippen molar-refractivity contribution in [3.8, 4) is 5.75 Å². The third kappa shape index (κ3) is 5.29. The van der Waals surface area contributed by atoms with Crippen LogP contribution in [0.2, 0.25) is 0 Å². The molecule has 1 aliphatic heterocycles. The molecule has 4 rings (SSSR count). The molecule has 7 nitrogen and oxygen atoms in total. The van der Waals surface area contributed by atoms with Gasteiger partial charge in [-0.15, -0.1) is 0 Å². The molecule has 2 heterocycles. The Hall–Kier alpha value is -3.10. The van der Waals surface area contributed by atoms with Crippen molar-refractivity contribution in [1.82, 2.24) is 15.3 Å². The van der Waals surface area contributed by atoms with Crippen molar-refractivity contribution in [3.63, 3.8) is 0 Å². The van der Waals surface area contributed by atoms with E-state index in [-0.39, 0.29) is 12.0 Å². The smallest absolute Gasteiger partial charge is 0.263 e. The van der Waals surface area contributed by atoms with Crippen LogP contribution >= 0.6 is 11.8 Å². The minimum atomic E-state index is -0.0909. The average molecular weight is 464 g/mol. The van der Waals surface area contributed by atoms with E-state index in [9.17, 15) is 4.79 Å². The number of hydrogen-bond acceptors (Lipinski definition) is 7. The van der Waals surface area contributed by atoms with Gasteiger partial charge in [-0.05, 0) is 49.7 Å². The number of nitrogens with zero attached hydrogens (tertiary/aromatic N) is 4. The number of ether oxygens (including phenoxy) is 1. The number of hydrogen-bond donors (Lipinski definition) is 1. The fraction of sp³-hybridized carbons (Fsp3) is 0.320. The molecule has 0 spiro atoms. The quantitative estimate of drug-likeness (QED) is 0.400. The molecule has 1 amide bonds. The number of thioether (sulfide) groups is 1. The van der Waals surface area contributed by atoms with Gasteiger partial charge in [0.15, 0.2) is 5.16 Å². The van der Waals surface area contributed by atoms with Gasteiger partial charge in [-0.2, -0.15) is 0 Å². The first-order chi connectivity index (χ1) is 16.1. The van der Waals surface area contributed by atoms with Crippen molar-refractivity contribution < 1.29 is 9.53 Å². The number of carbonyl (C=O) groups is 1. The molecule has 0 fully saturated rings. The van der Waals surface area contributed by atoms with Crippen molar-refractivity contribution in [3.05, 3.63) is 71.9 Å². The summed E-state index contributed by atoms with van der Waals surface area (Å²) < 4.78 is 6.32. The van der Waals surface area contributed by atoms with Crippen LogP contribution in [0.15, 0.2) is 66.0 Å². The maximum Gasteiger partial charge on any atom is 0.263 e. The summed E-state index contributed by atoms with van der Waals surface area (Å²) in [5.41, 5.74) is 2.49. The van der Waals surface area contributed by atoms with Crippen LogP contribution in [0.4, 0.5) is 11.5 Å². The standard InChI is InChI=1S/C25H29N5O2S/c1-26-14-13-22(18-7-5-4-6-8-18)32-20-11-9-19(10-12-20)30-16-15-29(2)23-21(24(30)31)17-27-25(28-23)33-3/h4-12,17,22,26H,13-16H2,1-3H3. The summed E-state index contributed by atoms with van der Waals surface area (Å²) in [4.78, 5) is 26.0. The van der Waals surface area contributed by atoms with Gasteiger partial charge in [-0.3, -0.25) is 4.79 Å². The fourth-order valence-corrected chi connectivity index (χ4v) is 4.19. The lowest BCUT2D eigenvalue weighted by molar-refractivity contribution is 0.0989. The monoisotopic (exact) mass is 463 g/mol. The SMILES string of the molecule is CNCCC(Oc1ccc(N2CCN(C)c3nc(SC)ncc3C2=O)cc1)c1ccccc1. The van der Waals surface area contributed by atoms with E-state index in [4.69, 9.17) is 4.74 Å². The molecule has 1 aliphatic rings. The van der Waals surface area contributed by atoms with Crippen LogP contribution in [0.3, 0.4) is 0 Å². The fourth-order valence-electron chi connectivity index (χ4n) is 3.85. The lowest BCUT2D eigenvalue weighted by Crippen LogP contribution is -2.33. The lowest BCUT2D eigenvalue weighted by Gasteiger charge is -2.23. The minimum Gasteiger partial charge on any atom is -0.486 e. The van der Waals surface area contributed by atoms with Crippen LogP contribution in [0.5, 0.6) is 5.75 Å². The van der Waals surface area contributed by atoms with Gasteiger partial charge in [-0.25, -0.2) is 9.97 Å². The van der Waals surface area contributed by atoms with Crippen molar-refractivity contribution in [1.29, 1.82) is 0 Å². The largest absolute Gasteiger partial charge is 0.486 e. The highest BCUT2D eigenvalue weighted by Crippen LogP contribution is 2.30. The Kier molecular flexibility index (Phi) is 7.47. The highest BCUT2D eigenvalue weighted by molar-refractivity contribution is 7.98. The second-order valence-electron chi connectivity index (χ2n) is 7.88. The Labute approximate surface area is 199 Å². The molecule has 1 unspecified atom stereocenters. The second-order valence-corrected chi connectivity index (χ2v) is 8.65. The van der Waals surface area contributed by atoms with E-state index in [1.807, 2.05) is 67.7 Å². The van der Waals surface area contributed by atoms with Crippen molar-refractivity contribution in [2.75, 3.05) is 49.8 Å². The van der Waals surface area contributed by atoms with Gasteiger partial charge in [0, 0.05) is 38.4 Å². The van der Waals surface area contributed by atoms with E-state index in [0.29, 0.717) is 29.6 Å². The van der Waals surface area contributed by atoms with Crippen molar-refractivity contribution in [2.45, 2.75) is 17.7 Å². The first-order valence-corrected chi connectivity index (χ1v) is 12.2. The van der Waals surface area contributed by atoms with Gasteiger partial charge in [-0.1, -0.05) is 42.1 Å². The molecule has 2 aromatic carbocycles. The molecule has 33 heavy (non-hydrogen) atoms. The number of likely N-dealkylation sites (N-methyl/N-ethyl adjacent to an activating group) is 1. The first kappa shape index (κ1) is 23.1. The van der Waals surface area contributed by atoms with Gasteiger partial charge >= 0.3 is 0 Å². The average Bonchev–Trinajstić information content (AvgIpc) is 2.98. The number of anilines is 2.